The van der Waals surface area contributed by atoms with Gasteiger partial charge in [-0.2, -0.15) is 5.10 Å². The number of nitrogens with two attached hydrogens (primary N) is 1. The van der Waals surface area contributed by atoms with Crippen LogP contribution >= 0.6 is 23.2 Å². The van der Waals surface area contributed by atoms with Gasteiger partial charge >= 0.3 is 0 Å². The minimum Gasteiger partial charge on any atom is -0.383 e. The summed E-state index contributed by atoms with van der Waals surface area (Å²) < 4.78 is 1.69. The summed E-state index contributed by atoms with van der Waals surface area (Å²) >= 11 is 12.4. The smallest absolute Gasteiger partial charge is 0.250 e. The molecule has 2 heterocycles. The summed E-state index contributed by atoms with van der Waals surface area (Å²) in [6.45, 7) is 0.752. The van der Waals surface area contributed by atoms with Crippen LogP contribution in [0.25, 0.3) is 28.0 Å². The van der Waals surface area contributed by atoms with Crippen LogP contribution in [0.15, 0.2) is 60.9 Å². The van der Waals surface area contributed by atoms with E-state index in [0.29, 0.717) is 38.6 Å². The fourth-order valence-electron chi connectivity index (χ4n) is 4.06. The molecule has 1 saturated carbocycles. The lowest BCUT2D eigenvalue weighted by Crippen LogP contribution is -2.25. The first-order chi connectivity index (χ1) is 17.3. The minimum atomic E-state index is -0.107. The maximum absolute atomic E-state index is 12.8. The number of halogens is 2. The van der Waals surface area contributed by atoms with E-state index in [2.05, 4.69) is 21.9 Å². The highest BCUT2D eigenvalue weighted by atomic mass is 35.5. The van der Waals surface area contributed by atoms with Crippen LogP contribution < -0.4 is 10.6 Å². The number of nitrogens with zero attached hydrogens (tertiary/aromatic N) is 6. The van der Waals surface area contributed by atoms with Crippen LogP contribution in [-0.4, -0.2) is 57.2 Å². The molecule has 0 atom stereocenters. The van der Waals surface area contributed by atoms with Crippen LogP contribution in [0, 0.1) is 0 Å². The Hall–Kier alpha value is -3.46. The van der Waals surface area contributed by atoms with Gasteiger partial charge in [-0.1, -0.05) is 41.4 Å². The molecule has 1 amide bonds. The number of benzene rings is 2. The van der Waals surface area contributed by atoms with E-state index in [1.807, 2.05) is 36.4 Å². The highest BCUT2D eigenvalue weighted by Gasteiger charge is 2.25. The number of hydrogen-bond donors (Lipinski definition) is 1. The zero-order valence-electron chi connectivity index (χ0n) is 19.9. The van der Waals surface area contributed by atoms with Crippen LogP contribution in [0.3, 0.4) is 0 Å². The van der Waals surface area contributed by atoms with Gasteiger partial charge in [0, 0.05) is 37.0 Å². The molecule has 10 heteroatoms. The summed E-state index contributed by atoms with van der Waals surface area (Å²) in [5.41, 5.74) is 9.54. The number of amides is 1. The first-order valence-corrected chi connectivity index (χ1v) is 12.3. The molecule has 0 spiro atoms. The van der Waals surface area contributed by atoms with E-state index < -0.39 is 0 Å². The normalized spacial score (nSPS) is 13.7. The molecule has 0 unspecified atom stereocenters. The van der Waals surface area contributed by atoms with E-state index in [1.165, 1.54) is 19.2 Å². The number of anilines is 2. The topological polar surface area (TPSA) is 93.2 Å². The average molecular weight is 522 g/mol. The standard InChI is InChI=1S/C26H25Cl2N7O/c1-33(17-9-10-17)12-4-7-22(36)34(2)18-5-3-6-19(14-18)35-26-23(25(29)30-15-31-26)24(32-35)16-8-11-20(27)21(28)13-16/h3-8,11,13-15,17H,9-10,12H2,1-2H3,(H2,29,30,31). The zero-order valence-corrected chi connectivity index (χ0v) is 21.4. The van der Waals surface area contributed by atoms with Gasteiger partial charge in [0.25, 0.3) is 0 Å². The van der Waals surface area contributed by atoms with E-state index in [0.717, 1.165) is 23.5 Å². The molecule has 8 nitrogen and oxygen atoms in total. The Morgan fingerprint density at radius 3 is 2.69 bits per heavy atom. The second-order valence-electron chi connectivity index (χ2n) is 8.84. The Labute approximate surface area is 218 Å². The second kappa shape index (κ2) is 9.89. The summed E-state index contributed by atoms with van der Waals surface area (Å²) in [6.07, 6.45) is 7.39. The van der Waals surface area contributed by atoms with Crippen molar-refractivity contribution in [1.29, 1.82) is 0 Å². The summed E-state index contributed by atoms with van der Waals surface area (Å²) in [5, 5.41) is 6.27. The molecule has 5 rings (SSSR count). The van der Waals surface area contributed by atoms with Crippen LogP contribution in [0.2, 0.25) is 10.0 Å². The lowest BCUT2D eigenvalue weighted by atomic mass is 10.1. The number of nitrogen functional groups attached to an aromatic ring is 1. The fraction of sp³-hybridized carbons (Fsp3) is 0.231. The van der Waals surface area contributed by atoms with Gasteiger partial charge in [0.15, 0.2) is 5.65 Å². The monoisotopic (exact) mass is 521 g/mol. The quantitative estimate of drug-likeness (QED) is 0.344. The number of hydrogen-bond acceptors (Lipinski definition) is 6. The molecule has 4 aromatic rings. The Morgan fingerprint density at radius 1 is 1.14 bits per heavy atom. The van der Waals surface area contributed by atoms with Crippen molar-refractivity contribution in [2.75, 3.05) is 31.3 Å². The van der Waals surface area contributed by atoms with E-state index in [4.69, 9.17) is 34.0 Å². The third-order valence-electron chi connectivity index (χ3n) is 6.30. The largest absolute Gasteiger partial charge is 0.383 e. The average Bonchev–Trinajstić information content (AvgIpc) is 3.66. The van der Waals surface area contributed by atoms with Crippen molar-refractivity contribution in [2.45, 2.75) is 18.9 Å². The molecular weight excluding hydrogens is 497 g/mol. The van der Waals surface area contributed by atoms with E-state index in [9.17, 15) is 4.79 Å². The van der Waals surface area contributed by atoms with Crippen LogP contribution in [0.4, 0.5) is 11.5 Å². The summed E-state index contributed by atoms with van der Waals surface area (Å²) in [4.78, 5) is 25.3. The van der Waals surface area contributed by atoms with Gasteiger partial charge in [0.05, 0.1) is 21.1 Å². The van der Waals surface area contributed by atoms with Gasteiger partial charge in [0.1, 0.15) is 17.8 Å². The molecule has 1 fully saturated rings. The third-order valence-corrected chi connectivity index (χ3v) is 7.04. The second-order valence-corrected chi connectivity index (χ2v) is 9.65. The first-order valence-electron chi connectivity index (χ1n) is 11.5. The molecule has 36 heavy (non-hydrogen) atoms. The van der Waals surface area contributed by atoms with Crippen molar-refractivity contribution in [3.63, 3.8) is 0 Å². The predicted molar refractivity (Wildman–Crippen MR) is 145 cm³/mol. The van der Waals surface area contributed by atoms with Gasteiger partial charge in [-0.05, 0) is 50.2 Å². The lowest BCUT2D eigenvalue weighted by Gasteiger charge is -2.17. The number of aromatic nitrogens is 4. The Morgan fingerprint density at radius 2 is 1.94 bits per heavy atom. The Bertz CT molecular complexity index is 1480. The third kappa shape index (κ3) is 4.80. The molecule has 0 saturated heterocycles. The Kier molecular flexibility index (Phi) is 6.66. The van der Waals surface area contributed by atoms with Crippen LogP contribution in [-0.2, 0) is 4.79 Å². The van der Waals surface area contributed by atoms with Crippen molar-refractivity contribution < 1.29 is 4.79 Å². The van der Waals surface area contributed by atoms with E-state index >= 15 is 0 Å². The number of likely N-dealkylation sites (N-methyl/N-ethyl adjacent to an activating group) is 2. The van der Waals surface area contributed by atoms with Crippen LogP contribution in [0.1, 0.15) is 12.8 Å². The maximum Gasteiger partial charge on any atom is 0.250 e. The molecular formula is C26H25Cl2N7O. The van der Waals surface area contributed by atoms with Gasteiger partial charge in [-0.15, -0.1) is 0 Å². The maximum atomic E-state index is 12.8. The lowest BCUT2D eigenvalue weighted by molar-refractivity contribution is -0.113. The SMILES string of the molecule is CN(C(=O)C=CCN(C)C1CC1)c1cccc(-n2nc(-c3ccc(Cl)c(Cl)c3)c3c(N)ncnc32)c1. The van der Waals surface area contributed by atoms with Gasteiger partial charge in [-0.3, -0.25) is 9.69 Å². The molecule has 2 aromatic carbocycles. The van der Waals surface area contributed by atoms with Gasteiger partial charge in [0.2, 0.25) is 5.91 Å². The summed E-state index contributed by atoms with van der Waals surface area (Å²) in [7, 11) is 3.83. The molecule has 2 N–H and O–H groups in total. The number of carbonyl (C=O) groups is 1. The molecule has 1 aliphatic carbocycles. The van der Waals surface area contributed by atoms with E-state index in [1.54, 1.807) is 34.8 Å². The highest BCUT2D eigenvalue weighted by molar-refractivity contribution is 6.42. The van der Waals surface area contributed by atoms with Crippen molar-refractivity contribution in [3.8, 4) is 16.9 Å². The van der Waals surface area contributed by atoms with Crippen molar-refractivity contribution in [2.24, 2.45) is 0 Å². The van der Waals surface area contributed by atoms with Crippen LogP contribution in [0.5, 0.6) is 0 Å². The van der Waals surface area contributed by atoms with Gasteiger partial charge < -0.3 is 10.6 Å². The van der Waals surface area contributed by atoms with Crippen molar-refractivity contribution in [1.82, 2.24) is 24.6 Å². The molecule has 0 radical (unpaired) electrons. The fourth-order valence-corrected chi connectivity index (χ4v) is 4.35. The molecule has 0 aliphatic heterocycles. The number of carbonyl (C=O) groups excluding carboxylic acids is 1. The predicted octanol–water partition coefficient (Wildman–Crippen LogP) is 4.98. The highest BCUT2D eigenvalue weighted by Crippen LogP contribution is 2.35. The molecule has 2 aromatic heterocycles. The molecule has 0 bridgehead atoms. The van der Waals surface area contributed by atoms with Crippen molar-refractivity contribution >= 4 is 51.6 Å². The van der Waals surface area contributed by atoms with E-state index in [-0.39, 0.29) is 5.91 Å². The summed E-state index contributed by atoms with van der Waals surface area (Å²) in [6, 6.07) is 13.4. The Balaban J connectivity index is 1.48. The number of rotatable bonds is 7. The first kappa shape index (κ1) is 24.2. The molecule has 1 aliphatic rings. The summed E-state index contributed by atoms with van der Waals surface area (Å²) in [5.74, 6) is 0.196. The zero-order chi connectivity index (χ0) is 25.4. The van der Waals surface area contributed by atoms with Crippen molar-refractivity contribution in [3.05, 3.63) is 71.0 Å². The number of fused-ring (bicyclic) bond motifs is 1. The van der Waals surface area contributed by atoms with Gasteiger partial charge in [-0.25, -0.2) is 14.6 Å². The molecule has 184 valence electrons. The minimum absolute atomic E-state index is 0.107.